The van der Waals surface area contributed by atoms with Gasteiger partial charge in [0.2, 0.25) is 0 Å². The second-order valence-corrected chi connectivity index (χ2v) is 7.23. The summed E-state index contributed by atoms with van der Waals surface area (Å²) in [4.78, 5) is 0. The van der Waals surface area contributed by atoms with Crippen molar-refractivity contribution >= 4 is 5.82 Å². The van der Waals surface area contributed by atoms with Crippen LogP contribution < -0.4 is 5.73 Å². The third-order valence-electron chi connectivity index (χ3n) is 4.65. The van der Waals surface area contributed by atoms with Crippen LogP contribution in [0.1, 0.15) is 44.5 Å². The molecule has 3 N–H and O–H groups in total. The maximum atomic E-state index is 6.10. The molecule has 1 aromatic heterocycles. The molecule has 21 heavy (non-hydrogen) atoms. The fourth-order valence-corrected chi connectivity index (χ4v) is 2.37. The minimum atomic E-state index is 0.264. The van der Waals surface area contributed by atoms with E-state index < -0.39 is 0 Å². The van der Waals surface area contributed by atoms with Gasteiger partial charge in [0.15, 0.2) is 5.82 Å². The van der Waals surface area contributed by atoms with Crippen LogP contribution in [0.3, 0.4) is 0 Å². The molecule has 0 fully saturated rings. The van der Waals surface area contributed by atoms with Crippen LogP contribution in [0, 0.1) is 25.2 Å². The summed E-state index contributed by atoms with van der Waals surface area (Å²) >= 11 is 0. The number of aromatic nitrogens is 2. The van der Waals surface area contributed by atoms with Crippen LogP contribution in [-0.4, -0.2) is 10.2 Å². The van der Waals surface area contributed by atoms with Gasteiger partial charge in [0.05, 0.1) is 0 Å². The molecule has 0 aliphatic heterocycles. The molecule has 1 unspecified atom stereocenters. The molecule has 1 heterocycles. The molecule has 0 aliphatic rings. The molecule has 0 radical (unpaired) electrons. The molecule has 0 bridgehead atoms. The average molecular weight is 285 g/mol. The zero-order valence-electron chi connectivity index (χ0n) is 14.0. The van der Waals surface area contributed by atoms with Crippen LogP contribution >= 0.6 is 0 Å². The van der Waals surface area contributed by atoms with E-state index >= 15 is 0 Å². The molecule has 3 heteroatoms. The summed E-state index contributed by atoms with van der Waals surface area (Å²) in [5.74, 6) is 1.14. The number of nitrogens with zero attached hydrogens (tertiary/aromatic N) is 1. The lowest BCUT2D eigenvalue weighted by Gasteiger charge is -2.27. The Kier molecular flexibility index (Phi) is 4.13. The van der Waals surface area contributed by atoms with E-state index in [1.165, 1.54) is 11.1 Å². The van der Waals surface area contributed by atoms with Crippen molar-refractivity contribution in [3.8, 4) is 11.1 Å². The Morgan fingerprint density at radius 3 is 2.43 bits per heavy atom. The lowest BCUT2D eigenvalue weighted by Crippen LogP contribution is -2.19. The number of aryl methyl sites for hydroxylation is 2. The van der Waals surface area contributed by atoms with Gasteiger partial charge in [-0.1, -0.05) is 45.9 Å². The number of nitrogens with one attached hydrogen (secondary N) is 1. The number of H-pyrrole nitrogens is 1. The molecule has 1 atom stereocenters. The lowest BCUT2D eigenvalue weighted by atomic mass is 9.79. The topological polar surface area (TPSA) is 54.7 Å². The summed E-state index contributed by atoms with van der Waals surface area (Å²) in [6.45, 7) is 13.3. The van der Waals surface area contributed by atoms with Crippen molar-refractivity contribution < 1.29 is 0 Å². The van der Waals surface area contributed by atoms with E-state index in [9.17, 15) is 0 Å². The molecule has 2 aromatic rings. The summed E-state index contributed by atoms with van der Waals surface area (Å²) in [7, 11) is 0. The molecule has 0 saturated heterocycles. The number of anilines is 1. The van der Waals surface area contributed by atoms with Gasteiger partial charge in [-0.2, -0.15) is 5.10 Å². The summed E-state index contributed by atoms with van der Waals surface area (Å²) in [6.07, 6.45) is 0.954. The Morgan fingerprint density at radius 2 is 1.86 bits per heavy atom. The molecule has 1 aromatic carbocycles. The van der Waals surface area contributed by atoms with Crippen molar-refractivity contribution in [3.05, 3.63) is 35.0 Å². The highest BCUT2D eigenvalue weighted by Crippen LogP contribution is 2.34. The van der Waals surface area contributed by atoms with Crippen molar-refractivity contribution in [1.29, 1.82) is 0 Å². The fraction of sp³-hybridized carbons (Fsp3) is 0.500. The van der Waals surface area contributed by atoms with Crippen LogP contribution in [0.25, 0.3) is 11.1 Å². The zero-order valence-corrected chi connectivity index (χ0v) is 14.0. The summed E-state index contributed by atoms with van der Waals surface area (Å²) < 4.78 is 0. The maximum Gasteiger partial charge on any atom is 0.153 e. The van der Waals surface area contributed by atoms with E-state index in [4.69, 9.17) is 5.73 Å². The van der Waals surface area contributed by atoms with Crippen LogP contribution in [0.15, 0.2) is 18.2 Å². The van der Waals surface area contributed by atoms with Gasteiger partial charge in [0.25, 0.3) is 0 Å². The molecule has 3 nitrogen and oxygen atoms in total. The van der Waals surface area contributed by atoms with Crippen LogP contribution in [0.5, 0.6) is 0 Å². The summed E-state index contributed by atoms with van der Waals surface area (Å²) in [5.41, 5.74) is 12.3. The largest absolute Gasteiger partial charge is 0.382 e. The highest BCUT2D eigenvalue weighted by Gasteiger charge is 2.23. The van der Waals surface area contributed by atoms with Gasteiger partial charge >= 0.3 is 0 Å². The zero-order chi connectivity index (χ0) is 15.8. The van der Waals surface area contributed by atoms with Crippen LogP contribution in [0.2, 0.25) is 0 Å². The van der Waals surface area contributed by atoms with Gasteiger partial charge in [-0.25, -0.2) is 0 Å². The average Bonchev–Trinajstić information content (AvgIpc) is 2.73. The van der Waals surface area contributed by atoms with Gasteiger partial charge in [-0.3, -0.25) is 5.10 Å². The smallest absolute Gasteiger partial charge is 0.153 e. The van der Waals surface area contributed by atoms with Gasteiger partial charge in [-0.05, 0) is 48.3 Å². The van der Waals surface area contributed by atoms with Gasteiger partial charge < -0.3 is 5.73 Å². The predicted octanol–water partition coefficient (Wildman–Crippen LogP) is 4.50. The number of rotatable bonds is 3. The highest BCUT2D eigenvalue weighted by atomic mass is 15.2. The first-order valence-electron chi connectivity index (χ1n) is 7.60. The van der Waals surface area contributed by atoms with E-state index in [0.717, 1.165) is 23.2 Å². The standard InChI is InChI=1S/C18H27N3/c1-11-7-8-14(9-12(11)2)16-15(20-21-17(16)19)10-13(3)18(4,5)6/h7-9,13H,10H2,1-6H3,(H3,19,20,21). The van der Waals surface area contributed by atoms with Crippen LogP contribution in [0.4, 0.5) is 5.82 Å². The van der Waals surface area contributed by atoms with E-state index in [-0.39, 0.29) is 5.41 Å². The first kappa shape index (κ1) is 15.6. The number of aromatic amines is 1. The van der Waals surface area contributed by atoms with E-state index in [1.54, 1.807) is 0 Å². The second kappa shape index (κ2) is 5.55. The molecule has 0 aliphatic carbocycles. The molecule has 0 saturated carbocycles. The van der Waals surface area contributed by atoms with Gasteiger partial charge in [0, 0.05) is 11.3 Å². The van der Waals surface area contributed by atoms with Crippen molar-refractivity contribution in [3.63, 3.8) is 0 Å². The summed E-state index contributed by atoms with van der Waals surface area (Å²) in [6, 6.07) is 6.48. The Morgan fingerprint density at radius 1 is 1.19 bits per heavy atom. The lowest BCUT2D eigenvalue weighted by molar-refractivity contribution is 0.258. The number of benzene rings is 1. The van der Waals surface area contributed by atoms with E-state index in [0.29, 0.717) is 11.7 Å². The predicted molar refractivity (Wildman–Crippen MR) is 90.2 cm³/mol. The first-order valence-corrected chi connectivity index (χ1v) is 7.60. The summed E-state index contributed by atoms with van der Waals surface area (Å²) in [5, 5.41) is 7.37. The monoisotopic (exact) mass is 285 g/mol. The third kappa shape index (κ3) is 3.29. The SMILES string of the molecule is Cc1ccc(-c2c(N)n[nH]c2CC(C)C(C)(C)C)cc1C. The fourth-order valence-electron chi connectivity index (χ4n) is 2.37. The minimum absolute atomic E-state index is 0.264. The van der Waals surface area contributed by atoms with Gasteiger partial charge in [0.1, 0.15) is 0 Å². The maximum absolute atomic E-state index is 6.10. The van der Waals surface area contributed by atoms with Crippen molar-refractivity contribution in [1.82, 2.24) is 10.2 Å². The number of nitrogens with two attached hydrogens (primary N) is 1. The van der Waals surface area contributed by atoms with E-state index in [1.807, 2.05) is 0 Å². The Labute approximate surface area is 128 Å². The Bertz CT molecular complexity index is 632. The second-order valence-electron chi connectivity index (χ2n) is 7.23. The quantitative estimate of drug-likeness (QED) is 0.872. The molecule has 0 amide bonds. The molecule has 0 spiro atoms. The molecular weight excluding hydrogens is 258 g/mol. The Balaban J connectivity index is 2.40. The van der Waals surface area contributed by atoms with Crippen molar-refractivity contribution in [2.75, 3.05) is 5.73 Å². The minimum Gasteiger partial charge on any atom is -0.382 e. The molecule has 2 rings (SSSR count). The molecular formula is C18H27N3. The number of nitrogen functional groups attached to an aromatic ring is 1. The molecule has 114 valence electrons. The van der Waals surface area contributed by atoms with Crippen molar-refractivity contribution in [2.45, 2.75) is 48.0 Å². The van der Waals surface area contributed by atoms with Gasteiger partial charge in [-0.15, -0.1) is 0 Å². The van der Waals surface area contributed by atoms with Crippen LogP contribution in [-0.2, 0) is 6.42 Å². The normalized spacial score (nSPS) is 13.4. The van der Waals surface area contributed by atoms with E-state index in [2.05, 4.69) is 69.9 Å². The first-order chi connectivity index (χ1) is 9.70. The van der Waals surface area contributed by atoms with Crippen molar-refractivity contribution in [2.24, 2.45) is 11.3 Å². The highest BCUT2D eigenvalue weighted by molar-refractivity contribution is 5.76. The number of hydrogen-bond acceptors (Lipinski definition) is 2. The Hall–Kier alpha value is -1.77. The number of hydrogen-bond donors (Lipinski definition) is 2. The third-order valence-corrected chi connectivity index (χ3v) is 4.65.